The van der Waals surface area contributed by atoms with Crippen molar-refractivity contribution in [2.75, 3.05) is 0 Å². The maximum Gasteiger partial charge on any atom is 0.408 e. The van der Waals surface area contributed by atoms with Gasteiger partial charge in [-0.3, -0.25) is 4.57 Å². The van der Waals surface area contributed by atoms with E-state index < -0.39 is 19.5 Å². The molecule has 158 valence electrons. The van der Waals surface area contributed by atoms with Gasteiger partial charge in [-0.05, 0) is 51.0 Å². The molecule has 2 rings (SSSR count). The van der Waals surface area contributed by atoms with Crippen LogP contribution in [0.1, 0.15) is 44.6 Å². The highest BCUT2D eigenvalue weighted by Gasteiger charge is 2.40. The molecule has 0 saturated heterocycles. The van der Waals surface area contributed by atoms with Crippen LogP contribution in [0, 0.1) is 0 Å². The van der Waals surface area contributed by atoms with E-state index in [4.69, 9.17) is 25.4 Å². The van der Waals surface area contributed by atoms with E-state index in [1.807, 2.05) is 30.3 Å². The van der Waals surface area contributed by atoms with Gasteiger partial charge < -0.3 is 19.1 Å². The van der Waals surface area contributed by atoms with Crippen molar-refractivity contribution < 1.29 is 23.1 Å². The lowest BCUT2D eigenvalue weighted by atomic mass is 10.2. The molecule has 0 radical (unpaired) electrons. The van der Waals surface area contributed by atoms with Crippen molar-refractivity contribution in [1.29, 1.82) is 0 Å². The van der Waals surface area contributed by atoms with Crippen molar-refractivity contribution in [1.82, 2.24) is 5.32 Å². The largest absolute Gasteiger partial charge is 0.445 e. The van der Waals surface area contributed by atoms with E-state index in [1.54, 1.807) is 52.0 Å². The molecule has 0 bridgehead atoms. The topological polar surface area (TPSA) is 73.9 Å². The van der Waals surface area contributed by atoms with Crippen molar-refractivity contribution in [2.24, 2.45) is 0 Å². The van der Waals surface area contributed by atoms with Crippen molar-refractivity contribution >= 4 is 25.3 Å². The number of halogens is 1. The molecule has 1 atom stereocenters. The van der Waals surface area contributed by atoms with Gasteiger partial charge in [0.15, 0.2) is 5.78 Å². The van der Waals surface area contributed by atoms with Gasteiger partial charge >= 0.3 is 13.7 Å². The average molecular weight is 440 g/mol. The summed E-state index contributed by atoms with van der Waals surface area (Å²) in [6, 6.07) is 15.9. The second-order valence-electron chi connectivity index (χ2n) is 7.01. The van der Waals surface area contributed by atoms with Crippen molar-refractivity contribution in [3.05, 3.63) is 70.7 Å². The van der Waals surface area contributed by atoms with Crippen LogP contribution in [0.15, 0.2) is 54.6 Å². The van der Waals surface area contributed by atoms with Gasteiger partial charge in [-0.25, -0.2) is 4.79 Å². The lowest BCUT2D eigenvalue weighted by molar-refractivity contribution is 0.120. The third-order valence-electron chi connectivity index (χ3n) is 3.68. The highest BCUT2D eigenvalue weighted by Crippen LogP contribution is 2.61. The molecule has 0 heterocycles. The summed E-state index contributed by atoms with van der Waals surface area (Å²) in [5, 5.41) is 3.17. The molecule has 29 heavy (non-hydrogen) atoms. The Bertz CT molecular complexity index is 813. The minimum Gasteiger partial charge on any atom is -0.445 e. The number of carbonyl (C=O) groups is 1. The molecule has 2 aromatic carbocycles. The Morgan fingerprint density at radius 3 is 2.03 bits per heavy atom. The van der Waals surface area contributed by atoms with Crippen LogP contribution >= 0.6 is 19.2 Å². The zero-order valence-corrected chi connectivity index (χ0v) is 18.7. The number of carbonyl (C=O) groups excluding carboxylic acids is 1. The van der Waals surface area contributed by atoms with Crippen LogP contribution in [-0.4, -0.2) is 18.3 Å². The van der Waals surface area contributed by atoms with Crippen LogP contribution in [0.2, 0.25) is 5.02 Å². The van der Waals surface area contributed by atoms with Crippen molar-refractivity contribution in [2.45, 2.75) is 52.3 Å². The Kier molecular flexibility index (Phi) is 8.72. The molecule has 0 unspecified atom stereocenters. The maximum atomic E-state index is 13.7. The molecular weight excluding hydrogens is 413 g/mol. The van der Waals surface area contributed by atoms with E-state index in [9.17, 15) is 9.36 Å². The molecule has 0 saturated carbocycles. The minimum absolute atomic E-state index is 0.0837. The van der Waals surface area contributed by atoms with Gasteiger partial charge in [0.05, 0.1) is 12.2 Å². The van der Waals surface area contributed by atoms with Gasteiger partial charge in [-0.1, -0.05) is 54.1 Å². The zero-order valence-electron chi connectivity index (χ0n) is 17.0. The first-order chi connectivity index (χ1) is 13.7. The molecule has 6 nitrogen and oxygen atoms in total. The van der Waals surface area contributed by atoms with E-state index in [0.29, 0.717) is 10.6 Å². The second-order valence-corrected chi connectivity index (χ2v) is 9.46. The SMILES string of the molecule is CC(C)OP(=O)(OC(C)C)[C@H](NC(=O)OCc1ccccc1)c1ccc(Cl)cc1. The predicted molar refractivity (Wildman–Crippen MR) is 114 cm³/mol. The minimum atomic E-state index is -3.78. The van der Waals surface area contributed by atoms with Crippen LogP contribution in [0.3, 0.4) is 0 Å². The van der Waals surface area contributed by atoms with E-state index in [1.165, 1.54) is 0 Å². The summed E-state index contributed by atoms with van der Waals surface area (Å²) in [5.41, 5.74) is 1.38. The summed E-state index contributed by atoms with van der Waals surface area (Å²) in [5.74, 6) is -1.05. The molecule has 0 spiro atoms. The molecule has 2 aromatic rings. The van der Waals surface area contributed by atoms with Crippen LogP contribution in [-0.2, 0) is 25.0 Å². The summed E-state index contributed by atoms with van der Waals surface area (Å²) >= 11 is 5.98. The van der Waals surface area contributed by atoms with E-state index in [0.717, 1.165) is 5.56 Å². The fraction of sp³-hybridized carbons (Fsp3) is 0.381. The van der Waals surface area contributed by atoms with E-state index >= 15 is 0 Å². The highest BCUT2D eigenvalue weighted by atomic mass is 35.5. The molecule has 0 aliphatic carbocycles. The summed E-state index contributed by atoms with van der Waals surface area (Å²) < 4.78 is 30.4. The van der Waals surface area contributed by atoms with Gasteiger partial charge in [0, 0.05) is 5.02 Å². The number of ether oxygens (including phenoxy) is 1. The monoisotopic (exact) mass is 439 g/mol. The number of benzene rings is 2. The first-order valence-electron chi connectivity index (χ1n) is 9.39. The van der Waals surface area contributed by atoms with Gasteiger partial charge in [0.2, 0.25) is 0 Å². The maximum absolute atomic E-state index is 13.7. The number of hydrogen-bond acceptors (Lipinski definition) is 5. The van der Waals surface area contributed by atoms with Crippen molar-refractivity contribution in [3.8, 4) is 0 Å². The fourth-order valence-corrected chi connectivity index (χ4v) is 5.00. The number of hydrogen-bond donors (Lipinski definition) is 1. The molecule has 0 aromatic heterocycles. The predicted octanol–water partition coefficient (Wildman–Crippen LogP) is 6.31. The number of alkyl carbamates (subject to hydrolysis) is 1. The molecular formula is C21H27ClNO5P. The molecule has 1 N–H and O–H groups in total. The molecule has 1 amide bonds. The Morgan fingerprint density at radius 2 is 1.52 bits per heavy atom. The van der Waals surface area contributed by atoms with Crippen molar-refractivity contribution in [3.63, 3.8) is 0 Å². The molecule has 8 heteroatoms. The zero-order chi connectivity index (χ0) is 21.4. The number of nitrogens with one attached hydrogen (secondary N) is 1. The smallest absolute Gasteiger partial charge is 0.408 e. The second kappa shape index (κ2) is 10.8. The standard InChI is InChI=1S/C21H27ClNO5P/c1-15(2)27-29(25,28-16(3)4)20(18-10-12-19(22)13-11-18)23-21(24)26-14-17-8-6-5-7-9-17/h5-13,15-16,20H,14H2,1-4H3,(H,23,24)/t20-/m0/s1. The third-order valence-corrected chi connectivity index (χ3v) is 6.43. The Balaban J connectivity index is 2.26. The van der Waals surface area contributed by atoms with Crippen LogP contribution in [0.5, 0.6) is 0 Å². The van der Waals surface area contributed by atoms with Crippen LogP contribution in [0.4, 0.5) is 4.79 Å². The average Bonchev–Trinajstić information content (AvgIpc) is 2.65. The number of rotatable bonds is 9. The fourth-order valence-electron chi connectivity index (χ4n) is 2.60. The highest BCUT2D eigenvalue weighted by molar-refractivity contribution is 7.54. The Hall–Kier alpha value is -1.85. The van der Waals surface area contributed by atoms with Gasteiger partial charge in [-0.15, -0.1) is 0 Å². The van der Waals surface area contributed by atoms with Gasteiger partial charge in [0.25, 0.3) is 0 Å². The first kappa shape index (κ1) is 23.4. The van der Waals surface area contributed by atoms with Crippen LogP contribution < -0.4 is 5.32 Å². The summed E-state index contributed by atoms with van der Waals surface area (Å²) in [6.45, 7) is 7.10. The summed E-state index contributed by atoms with van der Waals surface area (Å²) in [7, 11) is -3.78. The summed E-state index contributed by atoms with van der Waals surface area (Å²) in [6.07, 6.45) is -1.48. The van der Waals surface area contributed by atoms with Gasteiger partial charge in [0.1, 0.15) is 6.61 Å². The van der Waals surface area contributed by atoms with E-state index in [-0.39, 0.29) is 18.8 Å². The first-order valence-corrected chi connectivity index (χ1v) is 11.4. The molecule has 0 aliphatic rings. The van der Waals surface area contributed by atoms with Crippen LogP contribution in [0.25, 0.3) is 0 Å². The normalized spacial score (nSPS) is 12.8. The lowest BCUT2D eigenvalue weighted by Crippen LogP contribution is -2.31. The molecule has 0 fully saturated rings. The third kappa shape index (κ3) is 7.48. The Morgan fingerprint density at radius 1 is 0.966 bits per heavy atom. The Labute approximate surface area is 177 Å². The number of amides is 1. The lowest BCUT2D eigenvalue weighted by Gasteiger charge is -2.30. The quantitative estimate of drug-likeness (QED) is 0.463. The summed E-state index contributed by atoms with van der Waals surface area (Å²) in [4.78, 5) is 12.5. The molecule has 0 aliphatic heterocycles. The van der Waals surface area contributed by atoms with Gasteiger partial charge in [-0.2, -0.15) is 0 Å². The van der Waals surface area contributed by atoms with E-state index in [2.05, 4.69) is 5.32 Å².